The average Bonchev–Trinajstić information content (AvgIpc) is 3.15. The van der Waals surface area contributed by atoms with Gasteiger partial charge in [0.1, 0.15) is 4.21 Å². The van der Waals surface area contributed by atoms with Gasteiger partial charge in [0.15, 0.2) is 0 Å². The first-order chi connectivity index (χ1) is 12.4. The molecule has 1 aromatic rings. The number of sulfonamides is 1. The highest BCUT2D eigenvalue weighted by Crippen LogP contribution is 2.29. The lowest BCUT2D eigenvalue weighted by Gasteiger charge is -2.36. The number of carbonyl (C=O) groups is 1. The third kappa shape index (κ3) is 4.47. The molecule has 1 saturated heterocycles. The summed E-state index contributed by atoms with van der Waals surface area (Å²) in [7, 11) is -3.38. The molecule has 26 heavy (non-hydrogen) atoms. The molecule has 0 radical (unpaired) electrons. The molecule has 1 N–H and O–H groups in total. The van der Waals surface area contributed by atoms with Crippen LogP contribution in [0.15, 0.2) is 21.7 Å². The number of hydrogen-bond acceptors (Lipinski definition) is 5. The van der Waals surface area contributed by atoms with Crippen molar-refractivity contribution in [2.45, 2.75) is 43.4 Å². The van der Waals surface area contributed by atoms with Crippen molar-refractivity contribution in [3.8, 4) is 0 Å². The number of rotatable bonds is 5. The minimum atomic E-state index is -3.38. The molecular weight excluding hydrogens is 370 g/mol. The van der Waals surface area contributed by atoms with E-state index in [0.717, 1.165) is 6.42 Å². The maximum Gasteiger partial charge on any atom is 0.252 e. The van der Waals surface area contributed by atoms with Gasteiger partial charge in [-0.25, -0.2) is 8.42 Å². The first-order valence-corrected chi connectivity index (χ1v) is 11.8. The first-order valence-electron chi connectivity index (χ1n) is 9.43. The summed E-state index contributed by atoms with van der Waals surface area (Å²) in [5.41, 5.74) is 0. The molecule has 8 heteroatoms. The molecule has 6 nitrogen and oxygen atoms in total. The molecule has 1 aliphatic carbocycles. The van der Waals surface area contributed by atoms with Gasteiger partial charge in [-0.2, -0.15) is 4.31 Å². The zero-order valence-electron chi connectivity index (χ0n) is 15.6. The van der Waals surface area contributed by atoms with Crippen molar-refractivity contribution in [2.75, 3.05) is 32.7 Å². The van der Waals surface area contributed by atoms with E-state index in [1.54, 1.807) is 17.5 Å². The fourth-order valence-electron chi connectivity index (χ4n) is 3.91. The van der Waals surface area contributed by atoms with E-state index in [4.69, 9.17) is 0 Å². The summed E-state index contributed by atoms with van der Waals surface area (Å²) in [4.78, 5) is 14.5. The van der Waals surface area contributed by atoms with Gasteiger partial charge in [0.25, 0.3) is 10.0 Å². The molecule has 1 aliphatic heterocycles. The quantitative estimate of drug-likeness (QED) is 0.822. The van der Waals surface area contributed by atoms with Crippen LogP contribution in [-0.4, -0.2) is 62.3 Å². The van der Waals surface area contributed by atoms with Crippen molar-refractivity contribution in [2.24, 2.45) is 11.8 Å². The number of piperazine rings is 1. The van der Waals surface area contributed by atoms with Crippen LogP contribution < -0.4 is 5.32 Å². The molecule has 1 saturated carbocycles. The molecule has 3 rings (SSSR count). The molecule has 1 amide bonds. The Morgan fingerprint density at radius 2 is 1.96 bits per heavy atom. The summed E-state index contributed by atoms with van der Waals surface area (Å²) in [5.74, 6) is 1.23. The summed E-state index contributed by atoms with van der Waals surface area (Å²) in [6.45, 7) is 6.89. The molecule has 1 aromatic heterocycles. The Morgan fingerprint density at radius 1 is 1.23 bits per heavy atom. The van der Waals surface area contributed by atoms with Gasteiger partial charge in [0, 0.05) is 32.2 Å². The van der Waals surface area contributed by atoms with Crippen LogP contribution in [-0.2, 0) is 14.8 Å². The van der Waals surface area contributed by atoms with Gasteiger partial charge in [-0.15, -0.1) is 11.3 Å². The third-order valence-electron chi connectivity index (χ3n) is 5.84. The van der Waals surface area contributed by atoms with Crippen LogP contribution in [0.4, 0.5) is 0 Å². The van der Waals surface area contributed by atoms with Crippen molar-refractivity contribution in [3.05, 3.63) is 17.5 Å². The van der Waals surface area contributed by atoms with Gasteiger partial charge in [-0.05, 0) is 29.7 Å². The standard InChI is InChI=1S/C18H29N3O3S2/c1-14-5-3-6-16(15(14)2)19-17(22)13-20-8-10-21(11-9-20)26(23,24)18-7-4-12-25-18/h4,7,12,14-16H,3,5-6,8-11,13H2,1-2H3,(H,19,22)/t14-,15+,16-/m1/s1. The highest BCUT2D eigenvalue weighted by Gasteiger charge is 2.31. The van der Waals surface area contributed by atoms with Crippen molar-refractivity contribution in [3.63, 3.8) is 0 Å². The Hall–Kier alpha value is -0.960. The van der Waals surface area contributed by atoms with Crippen LogP contribution in [0.2, 0.25) is 0 Å². The van der Waals surface area contributed by atoms with E-state index >= 15 is 0 Å². The van der Waals surface area contributed by atoms with Gasteiger partial charge in [0.2, 0.25) is 5.91 Å². The molecule has 146 valence electrons. The topological polar surface area (TPSA) is 69.7 Å². The van der Waals surface area contributed by atoms with Crippen molar-refractivity contribution in [1.29, 1.82) is 0 Å². The number of amides is 1. The minimum absolute atomic E-state index is 0.0607. The lowest BCUT2D eigenvalue weighted by atomic mass is 9.78. The van der Waals surface area contributed by atoms with Crippen LogP contribution in [0.5, 0.6) is 0 Å². The van der Waals surface area contributed by atoms with Crippen LogP contribution >= 0.6 is 11.3 Å². The van der Waals surface area contributed by atoms with Crippen molar-refractivity contribution >= 4 is 27.3 Å². The molecule has 2 aliphatic rings. The number of hydrogen-bond donors (Lipinski definition) is 1. The van der Waals surface area contributed by atoms with Crippen molar-refractivity contribution in [1.82, 2.24) is 14.5 Å². The van der Waals surface area contributed by atoms with E-state index in [2.05, 4.69) is 19.2 Å². The summed E-state index contributed by atoms with van der Waals surface area (Å²) in [6, 6.07) is 3.67. The zero-order valence-corrected chi connectivity index (χ0v) is 17.2. The predicted octanol–water partition coefficient (Wildman–Crippen LogP) is 2.00. The summed E-state index contributed by atoms with van der Waals surface area (Å²) < 4.78 is 27.0. The molecule has 2 heterocycles. The number of nitrogens with zero attached hydrogens (tertiary/aromatic N) is 2. The molecule has 0 bridgehead atoms. The Bertz CT molecular complexity index is 697. The SMILES string of the molecule is C[C@H]1[C@H](C)CCC[C@H]1NC(=O)CN1CCN(S(=O)(=O)c2cccs2)CC1. The number of nitrogens with one attached hydrogen (secondary N) is 1. The first kappa shape index (κ1) is 19.8. The van der Waals surface area contributed by atoms with E-state index in [9.17, 15) is 13.2 Å². The van der Waals surface area contributed by atoms with Gasteiger partial charge < -0.3 is 5.32 Å². The zero-order chi connectivity index (χ0) is 18.7. The normalized spacial score (nSPS) is 28.8. The summed E-state index contributed by atoms with van der Waals surface area (Å²) in [6.07, 6.45) is 3.48. The molecule has 0 unspecified atom stereocenters. The Labute approximate surface area is 160 Å². The van der Waals surface area contributed by atoms with E-state index in [1.807, 2.05) is 4.90 Å². The second-order valence-corrected chi connectivity index (χ2v) is 10.7. The monoisotopic (exact) mass is 399 g/mol. The van der Waals surface area contributed by atoms with E-state index in [1.165, 1.54) is 28.5 Å². The van der Waals surface area contributed by atoms with E-state index in [0.29, 0.717) is 48.8 Å². The number of carbonyl (C=O) groups excluding carboxylic acids is 1. The van der Waals surface area contributed by atoms with Gasteiger partial charge in [-0.3, -0.25) is 9.69 Å². The van der Waals surface area contributed by atoms with Gasteiger partial charge in [-0.1, -0.05) is 32.8 Å². The van der Waals surface area contributed by atoms with Crippen LogP contribution in [0.25, 0.3) is 0 Å². The molecule has 3 atom stereocenters. The second kappa shape index (κ2) is 8.37. The average molecular weight is 400 g/mol. The minimum Gasteiger partial charge on any atom is -0.352 e. The second-order valence-electron chi connectivity index (χ2n) is 7.55. The van der Waals surface area contributed by atoms with E-state index < -0.39 is 10.0 Å². The van der Waals surface area contributed by atoms with Crippen molar-refractivity contribution < 1.29 is 13.2 Å². The van der Waals surface area contributed by atoms with Crippen LogP contribution in [0.1, 0.15) is 33.1 Å². The maximum absolute atomic E-state index is 12.5. The number of thiophene rings is 1. The van der Waals surface area contributed by atoms with Crippen LogP contribution in [0.3, 0.4) is 0 Å². The molecular formula is C18H29N3O3S2. The molecule has 0 spiro atoms. The summed E-state index contributed by atoms with van der Waals surface area (Å²) >= 11 is 1.25. The van der Waals surface area contributed by atoms with Gasteiger partial charge in [0.05, 0.1) is 6.54 Å². The van der Waals surface area contributed by atoms with Gasteiger partial charge >= 0.3 is 0 Å². The highest BCUT2D eigenvalue weighted by atomic mass is 32.2. The van der Waals surface area contributed by atoms with Crippen LogP contribution in [0, 0.1) is 11.8 Å². The smallest absolute Gasteiger partial charge is 0.252 e. The van der Waals surface area contributed by atoms with E-state index in [-0.39, 0.29) is 11.9 Å². The lowest BCUT2D eigenvalue weighted by Crippen LogP contribution is -2.52. The fourth-order valence-corrected chi connectivity index (χ4v) is 6.47. The Kier molecular flexibility index (Phi) is 6.37. The highest BCUT2D eigenvalue weighted by molar-refractivity contribution is 7.91. The third-order valence-corrected chi connectivity index (χ3v) is 9.11. The molecule has 2 fully saturated rings. The summed E-state index contributed by atoms with van der Waals surface area (Å²) in [5, 5.41) is 4.98. The maximum atomic E-state index is 12.5. The Balaban J connectivity index is 1.47. The predicted molar refractivity (Wildman–Crippen MR) is 104 cm³/mol. The lowest BCUT2D eigenvalue weighted by molar-refractivity contribution is -0.124. The fraction of sp³-hybridized carbons (Fsp3) is 0.722. The largest absolute Gasteiger partial charge is 0.352 e. The molecule has 0 aromatic carbocycles. The Morgan fingerprint density at radius 3 is 2.62 bits per heavy atom.